The standard InChI is InChI=1S/C22H26N2O4/c1-14-6-5-7-19(15(14)2)16-8-9-20(21(10-16)27-3)22(26)24-12-17(23-28-4)11-18(24)13-25/h5-10,18,25H,11-13H2,1-4H3/b23-17-. The van der Waals surface area contributed by atoms with Crippen LogP contribution < -0.4 is 4.74 Å². The number of carbonyl (C=O) groups excluding carboxylic acids is 1. The highest BCUT2D eigenvalue weighted by atomic mass is 16.6. The number of benzene rings is 2. The number of rotatable bonds is 5. The molecule has 1 atom stereocenters. The first-order valence-electron chi connectivity index (χ1n) is 9.25. The highest BCUT2D eigenvalue weighted by Crippen LogP contribution is 2.32. The maximum Gasteiger partial charge on any atom is 0.258 e. The number of methoxy groups -OCH3 is 1. The van der Waals surface area contributed by atoms with Crippen molar-refractivity contribution in [3.8, 4) is 16.9 Å². The van der Waals surface area contributed by atoms with Crippen molar-refractivity contribution >= 4 is 11.6 Å². The van der Waals surface area contributed by atoms with E-state index >= 15 is 0 Å². The van der Waals surface area contributed by atoms with Gasteiger partial charge in [-0.1, -0.05) is 29.4 Å². The van der Waals surface area contributed by atoms with Crippen molar-refractivity contribution in [3.63, 3.8) is 0 Å². The predicted octanol–water partition coefficient (Wildman–Crippen LogP) is 3.19. The van der Waals surface area contributed by atoms with Crippen molar-refractivity contribution in [1.82, 2.24) is 4.90 Å². The van der Waals surface area contributed by atoms with E-state index in [4.69, 9.17) is 9.57 Å². The molecule has 1 fully saturated rings. The lowest BCUT2D eigenvalue weighted by molar-refractivity contribution is 0.0677. The molecule has 1 saturated heterocycles. The Kier molecular flexibility index (Phi) is 5.99. The molecular weight excluding hydrogens is 356 g/mol. The molecule has 148 valence electrons. The second-order valence-electron chi connectivity index (χ2n) is 6.98. The Morgan fingerprint density at radius 2 is 2.04 bits per heavy atom. The predicted molar refractivity (Wildman–Crippen MR) is 109 cm³/mol. The fourth-order valence-electron chi connectivity index (χ4n) is 3.62. The molecule has 0 spiro atoms. The smallest absolute Gasteiger partial charge is 0.258 e. The third-order valence-electron chi connectivity index (χ3n) is 5.30. The minimum atomic E-state index is -0.315. The molecule has 6 nitrogen and oxygen atoms in total. The second-order valence-corrected chi connectivity index (χ2v) is 6.98. The van der Waals surface area contributed by atoms with Gasteiger partial charge in [-0.15, -0.1) is 0 Å². The van der Waals surface area contributed by atoms with E-state index in [1.165, 1.54) is 18.2 Å². The molecule has 1 heterocycles. The van der Waals surface area contributed by atoms with Gasteiger partial charge in [0, 0.05) is 6.42 Å². The van der Waals surface area contributed by atoms with Crippen molar-refractivity contribution in [2.45, 2.75) is 26.3 Å². The Bertz CT molecular complexity index is 907. The van der Waals surface area contributed by atoms with E-state index in [0.29, 0.717) is 24.3 Å². The molecule has 1 amide bonds. The summed E-state index contributed by atoms with van der Waals surface area (Å²) in [5.41, 5.74) is 5.72. The number of nitrogens with zero attached hydrogens (tertiary/aromatic N) is 2. The van der Waals surface area contributed by atoms with Crippen molar-refractivity contribution in [3.05, 3.63) is 53.1 Å². The number of hydrogen-bond donors (Lipinski definition) is 1. The maximum absolute atomic E-state index is 13.2. The van der Waals surface area contributed by atoms with Crippen LogP contribution in [0.2, 0.25) is 0 Å². The van der Waals surface area contributed by atoms with E-state index in [9.17, 15) is 9.90 Å². The Morgan fingerprint density at radius 1 is 1.25 bits per heavy atom. The quantitative estimate of drug-likeness (QED) is 0.806. The van der Waals surface area contributed by atoms with Gasteiger partial charge in [0.2, 0.25) is 0 Å². The van der Waals surface area contributed by atoms with Crippen LogP contribution in [0.3, 0.4) is 0 Å². The number of amides is 1. The lowest BCUT2D eigenvalue weighted by Gasteiger charge is -2.23. The van der Waals surface area contributed by atoms with Gasteiger partial charge in [-0.3, -0.25) is 4.79 Å². The van der Waals surface area contributed by atoms with Crippen LogP contribution in [0.4, 0.5) is 0 Å². The van der Waals surface area contributed by atoms with Gasteiger partial charge in [0.15, 0.2) is 0 Å². The molecule has 0 aromatic heterocycles. The number of carbonyl (C=O) groups is 1. The van der Waals surface area contributed by atoms with E-state index in [0.717, 1.165) is 16.8 Å². The summed E-state index contributed by atoms with van der Waals surface area (Å²) in [5, 5.41) is 13.6. The molecular formula is C22H26N2O4. The maximum atomic E-state index is 13.2. The van der Waals surface area contributed by atoms with Crippen molar-refractivity contribution in [2.24, 2.45) is 5.16 Å². The van der Waals surface area contributed by atoms with Crippen LogP contribution in [0.25, 0.3) is 11.1 Å². The summed E-state index contributed by atoms with van der Waals surface area (Å²) in [6.45, 7) is 4.37. The Balaban J connectivity index is 1.95. The highest BCUT2D eigenvalue weighted by molar-refractivity contribution is 6.02. The van der Waals surface area contributed by atoms with Crippen molar-refractivity contribution in [1.29, 1.82) is 0 Å². The van der Waals surface area contributed by atoms with Crippen LogP contribution in [0.1, 0.15) is 27.9 Å². The monoisotopic (exact) mass is 382 g/mol. The number of aliphatic hydroxyl groups excluding tert-OH is 1. The Labute approximate surface area is 165 Å². The van der Waals surface area contributed by atoms with Crippen LogP contribution in [0.5, 0.6) is 5.75 Å². The van der Waals surface area contributed by atoms with Crippen LogP contribution in [0.15, 0.2) is 41.6 Å². The number of oxime groups is 1. The van der Waals surface area contributed by atoms with Crippen LogP contribution in [-0.2, 0) is 4.84 Å². The first kappa shape index (κ1) is 19.9. The summed E-state index contributed by atoms with van der Waals surface area (Å²) in [6, 6.07) is 11.5. The Morgan fingerprint density at radius 3 is 2.71 bits per heavy atom. The molecule has 2 aromatic rings. The number of aryl methyl sites for hydroxylation is 1. The molecule has 1 aliphatic rings. The van der Waals surface area contributed by atoms with Gasteiger partial charge < -0.3 is 19.6 Å². The summed E-state index contributed by atoms with van der Waals surface area (Å²) in [7, 11) is 3.03. The van der Waals surface area contributed by atoms with Crippen molar-refractivity contribution in [2.75, 3.05) is 27.4 Å². The molecule has 3 rings (SSSR count). The van der Waals surface area contributed by atoms with Crippen LogP contribution >= 0.6 is 0 Å². The zero-order chi connectivity index (χ0) is 20.3. The van der Waals surface area contributed by atoms with Gasteiger partial charge in [-0.2, -0.15) is 0 Å². The first-order chi connectivity index (χ1) is 13.5. The van der Waals surface area contributed by atoms with Gasteiger partial charge in [-0.05, 0) is 48.2 Å². The number of ether oxygens (including phenoxy) is 1. The SMILES string of the molecule is CO/N=C1/CC(CO)N(C(=O)c2ccc(-c3cccc(C)c3C)cc2OC)C1. The summed E-state index contributed by atoms with van der Waals surface area (Å²) < 4.78 is 5.54. The molecule has 0 aliphatic carbocycles. The lowest BCUT2D eigenvalue weighted by Crippen LogP contribution is -2.38. The molecule has 6 heteroatoms. The third kappa shape index (κ3) is 3.73. The molecule has 2 aromatic carbocycles. The average molecular weight is 382 g/mol. The molecule has 0 radical (unpaired) electrons. The second kappa shape index (κ2) is 8.44. The van der Waals surface area contributed by atoms with Gasteiger partial charge >= 0.3 is 0 Å². The zero-order valence-corrected chi connectivity index (χ0v) is 16.7. The Hall–Kier alpha value is -2.86. The largest absolute Gasteiger partial charge is 0.496 e. The molecule has 0 saturated carbocycles. The molecule has 1 N–H and O–H groups in total. The van der Waals surface area contributed by atoms with Crippen LogP contribution in [0, 0.1) is 13.8 Å². The van der Waals surface area contributed by atoms with Crippen molar-refractivity contribution < 1.29 is 19.5 Å². The van der Waals surface area contributed by atoms with Crippen LogP contribution in [-0.4, -0.2) is 55.0 Å². The molecule has 1 aliphatic heterocycles. The van der Waals surface area contributed by atoms with E-state index in [1.54, 1.807) is 18.1 Å². The van der Waals surface area contributed by atoms with Gasteiger partial charge in [0.05, 0.1) is 37.6 Å². The summed E-state index contributed by atoms with van der Waals surface area (Å²) in [6.07, 6.45) is 0.499. The fourth-order valence-corrected chi connectivity index (χ4v) is 3.62. The van der Waals surface area contributed by atoms with E-state index < -0.39 is 0 Å². The highest BCUT2D eigenvalue weighted by Gasteiger charge is 2.34. The third-order valence-corrected chi connectivity index (χ3v) is 5.30. The van der Waals surface area contributed by atoms with E-state index in [2.05, 4.69) is 31.1 Å². The van der Waals surface area contributed by atoms with Gasteiger partial charge in [-0.25, -0.2) is 0 Å². The summed E-state index contributed by atoms with van der Waals surface area (Å²) >= 11 is 0. The minimum absolute atomic E-state index is 0.128. The minimum Gasteiger partial charge on any atom is -0.496 e. The summed E-state index contributed by atoms with van der Waals surface area (Å²) in [5.74, 6) is 0.321. The summed E-state index contributed by atoms with van der Waals surface area (Å²) in [4.78, 5) is 19.6. The lowest BCUT2D eigenvalue weighted by atomic mass is 9.96. The molecule has 1 unspecified atom stereocenters. The number of likely N-dealkylation sites (tertiary alicyclic amines) is 1. The van der Waals surface area contributed by atoms with Gasteiger partial charge in [0.25, 0.3) is 5.91 Å². The molecule has 0 bridgehead atoms. The fraction of sp³-hybridized carbons (Fsp3) is 0.364. The molecule has 28 heavy (non-hydrogen) atoms. The first-order valence-corrected chi connectivity index (χ1v) is 9.25. The van der Waals surface area contributed by atoms with E-state index in [1.807, 2.05) is 18.2 Å². The average Bonchev–Trinajstić information content (AvgIpc) is 3.12. The topological polar surface area (TPSA) is 71.4 Å². The van der Waals surface area contributed by atoms with E-state index in [-0.39, 0.29) is 18.6 Å². The zero-order valence-electron chi connectivity index (χ0n) is 16.7. The number of hydrogen-bond acceptors (Lipinski definition) is 5. The van der Waals surface area contributed by atoms with Gasteiger partial charge in [0.1, 0.15) is 12.9 Å². The normalized spacial score (nSPS) is 17.8. The number of aliphatic hydroxyl groups is 1.